The molecule has 2 aromatic heterocycles. The zero-order valence-corrected chi connectivity index (χ0v) is 15.4. The molecule has 0 spiro atoms. The maximum Gasteiger partial charge on any atom is 0.191 e. The number of hydrogen-bond donors (Lipinski definition) is 2. The zero-order chi connectivity index (χ0) is 16.8. The van der Waals surface area contributed by atoms with Gasteiger partial charge < -0.3 is 10.6 Å². The van der Waals surface area contributed by atoms with E-state index in [1.165, 1.54) is 21.1 Å². The Hall–Kier alpha value is -1.89. The Balaban J connectivity index is 1.81. The van der Waals surface area contributed by atoms with Crippen LogP contribution in [0.15, 0.2) is 11.2 Å². The van der Waals surface area contributed by atoms with E-state index in [9.17, 15) is 0 Å². The molecule has 2 aromatic rings. The van der Waals surface area contributed by atoms with Gasteiger partial charge in [-0.1, -0.05) is 6.92 Å². The third kappa shape index (κ3) is 4.54. The molecule has 6 nitrogen and oxygen atoms in total. The van der Waals surface area contributed by atoms with Crippen LogP contribution in [0.5, 0.6) is 0 Å². The van der Waals surface area contributed by atoms with Crippen LogP contribution in [0.25, 0.3) is 0 Å². The quantitative estimate of drug-likeness (QED) is 0.626. The first-order valence-corrected chi connectivity index (χ1v) is 8.74. The number of aromatic nitrogens is 3. The van der Waals surface area contributed by atoms with Crippen LogP contribution in [0.2, 0.25) is 0 Å². The summed E-state index contributed by atoms with van der Waals surface area (Å²) in [6.45, 7) is 7.82. The molecule has 2 rings (SSSR count). The van der Waals surface area contributed by atoms with Gasteiger partial charge in [-0.3, -0.25) is 9.67 Å². The lowest BCUT2D eigenvalue weighted by Gasteiger charge is -2.11. The molecule has 7 heteroatoms. The molecule has 0 bridgehead atoms. The summed E-state index contributed by atoms with van der Waals surface area (Å²) in [5.41, 5.74) is 3.46. The Morgan fingerprint density at radius 2 is 2.13 bits per heavy atom. The van der Waals surface area contributed by atoms with Crippen molar-refractivity contribution in [1.29, 1.82) is 0 Å². The molecule has 126 valence electrons. The SMILES string of the molecule is CCc1cnc(CCNC(=NC)NCc2c(C)nn(C)c2C)s1. The molecule has 0 aromatic carbocycles. The fourth-order valence-electron chi connectivity index (χ4n) is 2.38. The molecule has 0 atom stereocenters. The lowest BCUT2D eigenvalue weighted by Crippen LogP contribution is -2.38. The minimum Gasteiger partial charge on any atom is -0.356 e. The van der Waals surface area contributed by atoms with Crippen molar-refractivity contribution in [3.8, 4) is 0 Å². The van der Waals surface area contributed by atoms with Gasteiger partial charge in [0.25, 0.3) is 0 Å². The summed E-state index contributed by atoms with van der Waals surface area (Å²) < 4.78 is 1.91. The number of nitrogens with one attached hydrogen (secondary N) is 2. The van der Waals surface area contributed by atoms with Gasteiger partial charge in [-0.05, 0) is 20.3 Å². The predicted molar refractivity (Wildman–Crippen MR) is 96.1 cm³/mol. The second kappa shape index (κ2) is 8.10. The van der Waals surface area contributed by atoms with Gasteiger partial charge >= 0.3 is 0 Å². The molecule has 0 radical (unpaired) electrons. The fraction of sp³-hybridized carbons (Fsp3) is 0.562. The average Bonchev–Trinajstić information content (AvgIpc) is 3.09. The van der Waals surface area contributed by atoms with E-state index in [4.69, 9.17) is 0 Å². The van der Waals surface area contributed by atoms with E-state index >= 15 is 0 Å². The minimum absolute atomic E-state index is 0.725. The summed E-state index contributed by atoms with van der Waals surface area (Å²) in [6, 6.07) is 0. The van der Waals surface area contributed by atoms with Crippen LogP contribution in [-0.2, 0) is 26.4 Å². The van der Waals surface area contributed by atoms with Gasteiger partial charge in [0.05, 0.1) is 10.7 Å². The number of aryl methyl sites for hydroxylation is 3. The second-order valence-electron chi connectivity index (χ2n) is 5.45. The highest BCUT2D eigenvalue weighted by Crippen LogP contribution is 2.13. The summed E-state index contributed by atoms with van der Waals surface area (Å²) in [7, 11) is 3.76. The largest absolute Gasteiger partial charge is 0.356 e. The van der Waals surface area contributed by atoms with Crippen LogP contribution in [0.4, 0.5) is 0 Å². The predicted octanol–water partition coefficient (Wildman–Crippen LogP) is 1.96. The molecule has 0 unspecified atom stereocenters. The van der Waals surface area contributed by atoms with Crippen molar-refractivity contribution in [3.63, 3.8) is 0 Å². The Morgan fingerprint density at radius 3 is 2.70 bits per heavy atom. The summed E-state index contributed by atoms with van der Waals surface area (Å²) in [5.74, 6) is 0.805. The highest BCUT2D eigenvalue weighted by Gasteiger charge is 2.09. The van der Waals surface area contributed by atoms with E-state index in [1.807, 2.05) is 24.9 Å². The van der Waals surface area contributed by atoms with Crippen molar-refractivity contribution in [2.45, 2.75) is 40.2 Å². The molecule has 0 saturated carbocycles. The van der Waals surface area contributed by atoms with Gasteiger partial charge in [0.15, 0.2) is 5.96 Å². The van der Waals surface area contributed by atoms with Gasteiger partial charge in [0.2, 0.25) is 0 Å². The second-order valence-corrected chi connectivity index (χ2v) is 6.65. The number of aliphatic imine (C=N–C) groups is 1. The normalized spacial score (nSPS) is 11.8. The first-order chi connectivity index (χ1) is 11.0. The molecular formula is C16H26N6S. The third-order valence-corrected chi connectivity index (χ3v) is 5.10. The molecule has 23 heavy (non-hydrogen) atoms. The van der Waals surface area contributed by atoms with Crippen LogP contribution < -0.4 is 10.6 Å². The standard InChI is InChI=1S/C16H26N6S/c1-6-13-9-19-15(23-13)7-8-18-16(17-4)20-10-14-11(2)21-22(5)12(14)3/h9H,6-8,10H2,1-5H3,(H2,17,18,20). The molecule has 2 heterocycles. The third-order valence-electron chi connectivity index (χ3n) is 3.90. The van der Waals surface area contributed by atoms with E-state index < -0.39 is 0 Å². The van der Waals surface area contributed by atoms with E-state index in [0.29, 0.717) is 0 Å². The number of hydrogen-bond acceptors (Lipinski definition) is 4. The zero-order valence-electron chi connectivity index (χ0n) is 14.6. The number of thiazole rings is 1. The van der Waals surface area contributed by atoms with Crippen molar-refractivity contribution >= 4 is 17.3 Å². The number of guanidine groups is 1. The van der Waals surface area contributed by atoms with Gasteiger partial charge in [0.1, 0.15) is 0 Å². The lowest BCUT2D eigenvalue weighted by atomic mass is 10.2. The summed E-state index contributed by atoms with van der Waals surface area (Å²) in [6.07, 6.45) is 3.94. The average molecular weight is 334 g/mol. The first-order valence-electron chi connectivity index (χ1n) is 7.92. The Bertz CT molecular complexity index is 670. The fourth-order valence-corrected chi connectivity index (χ4v) is 3.24. The lowest BCUT2D eigenvalue weighted by molar-refractivity contribution is 0.728. The maximum atomic E-state index is 4.44. The van der Waals surface area contributed by atoms with Gasteiger partial charge in [-0.15, -0.1) is 11.3 Å². The monoisotopic (exact) mass is 334 g/mol. The summed E-state index contributed by atoms with van der Waals surface area (Å²) in [5, 5.41) is 12.3. The number of rotatable bonds is 6. The molecular weight excluding hydrogens is 308 g/mol. The molecule has 0 amide bonds. The van der Waals surface area contributed by atoms with Crippen molar-refractivity contribution in [3.05, 3.63) is 33.0 Å². The minimum atomic E-state index is 0.725. The van der Waals surface area contributed by atoms with E-state index in [1.54, 1.807) is 18.4 Å². The molecule has 0 saturated heterocycles. The van der Waals surface area contributed by atoms with Crippen molar-refractivity contribution < 1.29 is 0 Å². The Kier molecular flexibility index (Phi) is 6.15. The van der Waals surface area contributed by atoms with Crippen LogP contribution >= 0.6 is 11.3 Å². The van der Waals surface area contributed by atoms with Gasteiger partial charge in [-0.2, -0.15) is 5.10 Å². The van der Waals surface area contributed by atoms with Crippen molar-refractivity contribution in [2.24, 2.45) is 12.0 Å². The first kappa shape index (κ1) is 17.5. The molecule has 2 N–H and O–H groups in total. The van der Waals surface area contributed by atoms with E-state index in [-0.39, 0.29) is 0 Å². The van der Waals surface area contributed by atoms with Gasteiger partial charge in [0, 0.05) is 55.9 Å². The molecule has 0 aliphatic rings. The van der Waals surface area contributed by atoms with Crippen LogP contribution in [0, 0.1) is 13.8 Å². The Morgan fingerprint density at radius 1 is 1.35 bits per heavy atom. The highest BCUT2D eigenvalue weighted by atomic mass is 32.1. The molecule has 0 aliphatic heterocycles. The van der Waals surface area contributed by atoms with Crippen LogP contribution in [-0.4, -0.2) is 34.3 Å². The highest BCUT2D eigenvalue weighted by molar-refractivity contribution is 7.11. The number of nitrogens with zero attached hydrogens (tertiary/aromatic N) is 4. The van der Waals surface area contributed by atoms with Gasteiger partial charge in [-0.25, -0.2) is 4.98 Å². The van der Waals surface area contributed by atoms with E-state index in [0.717, 1.165) is 37.6 Å². The smallest absolute Gasteiger partial charge is 0.191 e. The Labute approximate surface area is 142 Å². The summed E-state index contributed by atoms with van der Waals surface area (Å²) in [4.78, 5) is 10.0. The van der Waals surface area contributed by atoms with Crippen molar-refractivity contribution in [2.75, 3.05) is 13.6 Å². The van der Waals surface area contributed by atoms with E-state index in [2.05, 4.69) is 39.6 Å². The van der Waals surface area contributed by atoms with Crippen LogP contribution in [0.1, 0.15) is 33.8 Å². The maximum absolute atomic E-state index is 4.44. The summed E-state index contributed by atoms with van der Waals surface area (Å²) >= 11 is 1.79. The topological polar surface area (TPSA) is 67.1 Å². The van der Waals surface area contributed by atoms with Crippen molar-refractivity contribution in [1.82, 2.24) is 25.4 Å². The molecule has 0 fully saturated rings. The van der Waals surface area contributed by atoms with Crippen LogP contribution in [0.3, 0.4) is 0 Å². The molecule has 0 aliphatic carbocycles.